The third kappa shape index (κ3) is 2.87. The Morgan fingerprint density at radius 2 is 2.15 bits per heavy atom. The van der Waals surface area contributed by atoms with E-state index in [4.69, 9.17) is 10.5 Å². The molecule has 2 aliphatic rings. The lowest BCUT2D eigenvalue weighted by Gasteiger charge is -2.30. The maximum atomic E-state index is 12.2. The van der Waals surface area contributed by atoms with Crippen molar-refractivity contribution in [2.45, 2.75) is 58.3 Å². The van der Waals surface area contributed by atoms with E-state index >= 15 is 0 Å². The van der Waals surface area contributed by atoms with Crippen LogP contribution in [0.15, 0.2) is 22.8 Å². The van der Waals surface area contributed by atoms with Crippen molar-refractivity contribution >= 4 is 5.78 Å². The van der Waals surface area contributed by atoms with Gasteiger partial charge in [-0.25, -0.2) is 0 Å². The molecule has 0 aromatic carbocycles. The Morgan fingerprint density at radius 1 is 1.35 bits per heavy atom. The number of nitrogens with two attached hydrogens (primary N) is 1. The molecule has 0 radical (unpaired) electrons. The maximum absolute atomic E-state index is 12.2. The molecular weight excluding hydrogens is 252 g/mol. The Kier molecular flexibility index (Phi) is 4.84. The summed E-state index contributed by atoms with van der Waals surface area (Å²) >= 11 is 0. The zero-order valence-corrected chi connectivity index (χ0v) is 12.1. The molecule has 4 nitrogen and oxygen atoms in total. The van der Waals surface area contributed by atoms with Crippen molar-refractivity contribution in [2.24, 2.45) is 11.7 Å². The summed E-state index contributed by atoms with van der Waals surface area (Å²) in [6, 6.07) is 2.14. The molecule has 2 rings (SSSR count). The molecule has 108 valence electrons. The topological polar surface area (TPSA) is 76.1 Å². The molecule has 0 amide bonds. The van der Waals surface area contributed by atoms with Crippen LogP contribution in [-0.2, 0) is 9.53 Å². The van der Waals surface area contributed by atoms with Crippen LogP contribution in [0.3, 0.4) is 0 Å². The lowest BCUT2D eigenvalue weighted by molar-refractivity contribution is -0.117. The minimum Gasteiger partial charge on any atom is -0.444 e. The van der Waals surface area contributed by atoms with Crippen LogP contribution >= 0.6 is 0 Å². The fourth-order valence-corrected chi connectivity index (χ4v) is 3.03. The number of nitriles is 1. The smallest absolute Gasteiger partial charge is 0.204 e. The molecule has 0 saturated carbocycles. The Morgan fingerprint density at radius 3 is 2.85 bits per heavy atom. The molecule has 2 N–H and O–H groups in total. The van der Waals surface area contributed by atoms with Crippen LogP contribution in [0.25, 0.3) is 0 Å². The first-order valence-corrected chi connectivity index (χ1v) is 7.52. The number of ketones is 1. The highest BCUT2D eigenvalue weighted by atomic mass is 16.5. The summed E-state index contributed by atoms with van der Waals surface area (Å²) in [5.74, 6) is 0.889. The number of hydrogen-bond acceptors (Lipinski definition) is 4. The Balaban J connectivity index is 2.20. The molecule has 0 unspecified atom stereocenters. The molecule has 1 heterocycles. The lowest BCUT2D eigenvalue weighted by atomic mass is 9.79. The quantitative estimate of drug-likeness (QED) is 0.780. The van der Waals surface area contributed by atoms with Gasteiger partial charge in [0, 0.05) is 24.3 Å². The molecule has 0 aromatic rings. The van der Waals surface area contributed by atoms with Gasteiger partial charge in [-0.2, -0.15) is 5.26 Å². The van der Waals surface area contributed by atoms with Gasteiger partial charge in [0.15, 0.2) is 5.78 Å². The van der Waals surface area contributed by atoms with Gasteiger partial charge in [-0.05, 0) is 12.8 Å². The van der Waals surface area contributed by atoms with Crippen LogP contribution in [0, 0.1) is 17.2 Å². The first kappa shape index (κ1) is 14.6. The predicted molar refractivity (Wildman–Crippen MR) is 76.0 cm³/mol. The normalized spacial score (nSPS) is 22.4. The van der Waals surface area contributed by atoms with Crippen molar-refractivity contribution in [1.29, 1.82) is 5.26 Å². The lowest BCUT2D eigenvalue weighted by Crippen LogP contribution is -2.28. The van der Waals surface area contributed by atoms with Crippen molar-refractivity contribution in [2.75, 3.05) is 0 Å². The van der Waals surface area contributed by atoms with Gasteiger partial charge in [-0.15, -0.1) is 0 Å². The molecule has 0 fully saturated rings. The van der Waals surface area contributed by atoms with Crippen LogP contribution in [-0.4, -0.2) is 5.78 Å². The van der Waals surface area contributed by atoms with Gasteiger partial charge in [-0.1, -0.05) is 32.6 Å². The van der Waals surface area contributed by atoms with E-state index < -0.39 is 0 Å². The van der Waals surface area contributed by atoms with Gasteiger partial charge in [0.25, 0.3) is 0 Å². The molecule has 0 saturated heterocycles. The second-order valence-corrected chi connectivity index (χ2v) is 5.51. The molecule has 1 aliphatic carbocycles. The van der Waals surface area contributed by atoms with E-state index in [1.54, 1.807) is 0 Å². The fourth-order valence-electron chi connectivity index (χ4n) is 3.03. The van der Waals surface area contributed by atoms with Crippen LogP contribution in [0.2, 0.25) is 0 Å². The number of Topliss-reactive ketones (excluding diaryl/α,β-unsaturated/α-hetero) is 1. The number of carbonyl (C=O) groups excluding carboxylic acids is 1. The second kappa shape index (κ2) is 6.60. The maximum Gasteiger partial charge on any atom is 0.204 e. The average Bonchev–Trinajstić information content (AvgIpc) is 2.43. The van der Waals surface area contributed by atoms with Gasteiger partial charge in [0.05, 0.1) is 5.57 Å². The second-order valence-electron chi connectivity index (χ2n) is 5.51. The van der Waals surface area contributed by atoms with Crippen LogP contribution in [0.4, 0.5) is 0 Å². The summed E-state index contributed by atoms with van der Waals surface area (Å²) in [7, 11) is 0. The number of rotatable bonds is 5. The first-order chi connectivity index (χ1) is 9.69. The molecule has 1 atom stereocenters. The first-order valence-electron chi connectivity index (χ1n) is 7.52. The standard InChI is InChI=1S/C16H22N2O2/c1-2-3-4-5-7-11-12(10-17)16(18)20-14-9-6-8-13(19)15(11)14/h11H,2-9,18H2,1H3/t11-/m1/s1. The summed E-state index contributed by atoms with van der Waals surface area (Å²) in [6.45, 7) is 2.17. The van der Waals surface area contributed by atoms with Gasteiger partial charge >= 0.3 is 0 Å². The third-order valence-corrected chi connectivity index (χ3v) is 4.07. The number of hydrogen-bond donors (Lipinski definition) is 1. The minimum absolute atomic E-state index is 0.131. The Labute approximate surface area is 120 Å². The highest BCUT2D eigenvalue weighted by Gasteiger charge is 2.36. The van der Waals surface area contributed by atoms with Gasteiger partial charge in [0.1, 0.15) is 11.8 Å². The van der Waals surface area contributed by atoms with Crippen LogP contribution in [0.5, 0.6) is 0 Å². The Bertz CT molecular complexity index is 497. The summed E-state index contributed by atoms with van der Waals surface area (Å²) < 4.78 is 5.52. The summed E-state index contributed by atoms with van der Waals surface area (Å²) in [4.78, 5) is 12.2. The molecule has 0 aromatic heterocycles. The van der Waals surface area contributed by atoms with Crippen molar-refractivity contribution in [3.63, 3.8) is 0 Å². The van der Waals surface area contributed by atoms with Crippen molar-refractivity contribution in [3.05, 3.63) is 22.8 Å². The SMILES string of the molecule is CCCCCC[C@@H]1C(C#N)=C(N)OC2=C1C(=O)CCC2. The molecule has 1 aliphatic heterocycles. The largest absolute Gasteiger partial charge is 0.444 e. The van der Waals surface area contributed by atoms with Crippen LogP contribution < -0.4 is 5.73 Å². The molecule has 0 bridgehead atoms. The van der Waals surface area contributed by atoms with E-state index in [-0.39, 0.29) is 17.6 Å². The Hall–Kier alpha value is -1.76. The van der Waals surface area contributed by atoms with Gasteiger partial charge in [-0.3, -0.25) is 4.79 Å². The summed E-state index contributed by atoms with van der Waals surface area (Å²) in [5, 5.41) is 9.31. The number of carbonyl (C=O) groups is 1. The molecule has 20 heavy (non-hydrogen) atoms. The fraction of sp³-hybridized carbons (Fsp3) is 0.625. The highest BCUT2D eigenvalue weighted by Crippen LogP contribution is 2.39. The highest BCUT2D eigenvalue weighted by molar-refractivity contribution is 5.98. The van der Waals surface area contributed by atoms with E-state index in [9.17, 15) is 10.1 Å². The third-order valence-electron chi connectivity index (χ3n) is 4.07. The van der Waals surface area contributed by atoms with E-state index in [1.807, 2.05) is 0 Å². The number of unbranched alkanes of at least 4 members (excludes halogenated alkanes) is 3. The van der Waals surface area contributed by atoms with E-state index in [1.165, 1.54) is 12.8 Å². The number of nitrogens with zero attached hydrogens (tertiary/aromatic N) is 1. The van der Waals surface area contributed by atoms with Crippen LogP contribution in [0.1, 0.15) is 58.3 Å². The van der Waals surface area contributed by atoms with E-state index in [0.717, 1.165) is 37.7 Å². The van der Waals surface area contributed by atoms with Crippen molar-refractivity contribution < 1.29 is 9.53 Å². The number of ether oxygens (including phenoxy) is 1. The van der Waals surface area contributed by atoms with E-state index in [0.29, 0.717) is 17.8 Å². The zero-order chi connectivity index (χ0) is 14.5. The van der Waals surface area contributed by atoms with Gasteiger partial charge < -0.3 is 10.5 Å². The summed E-state index contributed by atoms with van der Waals surface area (Å²) in [6.07, 6.45) is 7.45. The summed E-state index contributed by atoms with van der Waals surface area (Å²) in [5.41, 5.74) is 7.01. The van der Waals surface area contributed by atoms with Crippen molar-refractivity contribution in [1.82, 2.24) is 0 Å². The molecule has 4 heteroatoms. The predicted octanol–water partition coefficient (Wildman–Crippen LogP) is 3.30. The molecular formula is C16H22N2O2. The molecule has 0 spiro atoms. The minimum atomic E-state index is -0.145. The van der Waals surface area contributed by atoms with Crippen molar-refractivity contribution in [3.8, 4) is 6.07 Å². The monoisotopic (exact) mass is 274 g/mol. The number of allylic oxidation sites excluding steroid dienone is 3. The van der Waals surface area contributed by atoms with Gasteiger partial charge in [0.2, 0.25) is 5.88 Å². The average molecular weight is 274 g/mol. The zero-order valence-electron chi connectivity index (χ0n) is 12.1. The van der Waals surface area contributed by atoms with E-state index in [2.05, 4.69) is 13.0 Å².